The van der Waals surface area contributed by atoms with Crippen LogP contribution in [0.5, 0.6) is 5.06 Å². The second-order valence-corrected chi connectivity index (χ2v) is 9.16. The zero-order chi connectivity index (χ0) is 20.3. The number of ether oxygens (including phenoxy) is 2. The van der Waals surface area contributed by atoms with E-state index in [4.69, 9.17) is 4.74 Å². The molecule has 0 saturated heterocycles. The molecule has 0 unspecified atom stereocenters. The first-order valence-electron chi connectivity index (χ1n) is 10.1. The van der Waals surface area contributed by atoms with Gasteiger partial charge < -0.3 is 14.4 Å². The Morgan fingerprint density at radius 3 is 2.43 bits per heavy atom. The second kappa shape index (κ2) is 9.00. The molecule has 152 valence electrons. The lowest BCUT2D eigenvalue weighted by Gasteiger charge is -2.33. The Bertz CT molecular complexity index is 776. The molecule has 0 spiro atoms. The van der Waals surface area contributed by atoms with Crippen molar-refractivity contribution < 1.29 is 19.1 Å². The molecule has 1 aromatic rings. The van der Waals surface area contributed by atoms with Crippen LogP contribution in [0.4, 0.5) is 10.5 Å². The highest BCUT2D eigenvalue weighted by molar-refractivity contribution is 7.15. The van der Waals surface area contributed by atoms with Crippen molar-refractivity contribution >= 4 is 29.1 Å². The van der Waals surface area contributed by atoms with E-state index in [1.165, 1.54) is 18.4 Å². The molecule has 0 N–H and O–H groups in total. The Labute approximate surface area is 171 Å². The molecule has 0 atom stereocenters. The van der Waals surface area contributed by atoms with Crippen LogP contribution in [0, 0.1) is 29.6 Å². The van der Waals surface area contributed by atoms with Crippen LogP contribution in [0.15, 0.2) is 6.07 Å². The maximum absolute atomic E-state index is 13.4. The first-order chi connectivity index (χ1) is 13.4. The number of hydrogen-bond donors (Lipinski definition) is 0. The van der Waals surface area contributed by atoms with Crippen LogP contribution in [0.2, 0.25) is 0 Å². The van der Waals surface area contributed by atoms with Gasteiger partial charge in [-0.1, -0.05) is 30.1 Å². The van der Waals surface area contributed by atoms with Crippen LogP contribution in [0.3, 0.4) is 0 Å². The standard InChI is InChI=1S/C22H29NO4S/c1-14(2)23(20(24)17-10-5-15(3)6-11-17)19-13-18(12-9-16-7-8-16)28-21(19)27-22(25)26-4/h13-17H,5-8,10-11H2,1-4H3. The van der Waals surface area contributed by atoms with Crippen molar-refractivity contribution in [1.82, 2.24) is 0 Å². The summed E-state index contributed by atoms with van der Waals surface area (Å²) in [5, 5.41) is 0.373. The lowest BCUT2D eigenvalue weighted by atomic mass is 9.82. The lowest BCUT2D eigenvalue weighted by Crippen LogP contribution is -2.42. The van der Waals surface area contributed by atoms with E-state index in [-0.39, 0.29) is 17.9 Å². The van der Waals surface area contributed by atoms with Gasteiger partial charge in [-0.2, -0.15) is 0 Å². The number of hydrogen-bond acceptors (Lipinski definition) is 5. The molecule has 0 radical (unpaired) electrons. The third-order valence-electron chi connectivity index (χ3n) is 5.38. The Balaban J connectivity index is 1.90. The van der Waals surface area contributed by atoms with Crippen molar-refractivity contribution in [3.05, 3.63) is 10.9 Å². The summed E-state index contributed by atoms with van der Waals surface area (Å²) in [4.78, 5) is 27.7. The largest absolute Gasteiger partial charge is 0.514 e. The van der Waals surface area contributed by atoms with Crippen LogP contribution < -0.4 is 9.64 Å². The van der Waals surface area contributed by atoms with Gasteiger partial charge in [0.1, 0.15) is 5.69 Å². The second-order valence-electron chi connectivity index (χ2n) is 8.14. The first kappa shape index (κ1) is 20.7. The summed E-state index contributed by atoms with van der Waals surface area (Å²) in [5.74, 6) is 7.69. The lowest BCUT2D eigenvalue weighted by molar-refractivity contribution is -0.123. The van der Waals surface area contributed by atoms with Gasteiger partial charge in [0, 0.05) is 17.9 Å². The maximum atomic E-state index is 13.4. The molecule has 1 aromatic heterocycles. The average Bonchev–Trinajstić information content (AvgIpc) is 3.42. The monoisotopic (exact) mass is 403 g/mol. The van der Waals surface area contributed by atoms with Crippen molar-refractivity contribution in [3.63, 3.8) is 0 Å². The minimum atomic E-state index is -0.785. The normalized spacial score (nSPS) is 21.6. The van der Waals surface area contributed by atoms with Crippen LogP contribution >= 0.6 is 11.3 Å². The molecule has 2 fully saturated rings. The highest BCUT2D eigenvalue weighted by Gasteiger charge is 2.33. The molecular formula is C22H29NO4S. The molecule has 28 heavy (non-hydrogen) atoms. The van der Waals surface area contributed by atoms with Gasteiger partial charge in [-0.05, 0) is 64.4 Å². The first-order valence-corrected chi connectivity index (χ1v) is 10.9. The number of carbonyl (C=O) groups excluding carboxylic acids is 2. The van der Waals surface area contributed by atoms with E-state index in [1.54, 1.807) is 4.90 Å². The topological polar surface area (TPSA) is 55.8 Å². The summed E-state index contributed by atoms with van der Waals surface area (Å²) < 4.78 is 10.0. The van der Waals surface area contributed by atoms with E-state index in [0.717, 1.165) is 43.4 Å². The third-order valence-corrected chi connectivity index (χ3v) is 6.30. The van der Waals surface area contributed by atoms with E-state index in [0.29, 0.717) is 22.6 Å². The van der Waals surface area contributed by atoms with E-state index >= 15 is 0 Å². The minimum Gasteiger partial charge on any atom is -0.437 e. The predicted octanol–water partition coefficient (Wildman–Crippen LogP) is 5.22. The number of nitrogens with zero attached hydrogens (tertiary/aromatic N) is 1. The molecule has 1 amide bonds. The van der Waals surface area contributed by atoms with Crippen molar-refractivity contribution in [2.24, 2.45) is 17.8 Å². The molecule has 0 aromatic carbocycles. The molecule has 2 saturated carbocycles. The molecule has 6 heteroatoms. The molecule has 2 aliphatic rings. The fraction of sp³-hybridized carbons (Fsp3) is 0.636. The van der Waals surface area contributed by atoms with Gasteiger partial charge in [0.2, 0.25) is 11.0 Å². The Morgan fingerprint density at radius 1 is 1.18 bits per heavy atom. The van der Waals surface area contributed by atoms with E-state index < -0.39 is 6.16 Å². The number of thiophene rings is 1. The number of rotatable bonds is 4. The molecule has 0 bridgehead atoms. The van der Waals surface area contributed by atoms with Gasteiger partial charge in [-0.3, -0.25) is 4.79 Å². The van der Waals surface area contributed by atoms with E-state index in [1.807, 2.05) is 19.9 Å². The molecule has 1 heterocycles. The molecule has 2 aliphatic carbocycles. The van der Waals surface area contributed by atoms with Crippen LogP contribution in [0.25, 0.3) is 0 Å². The molecular weight excluding hydrogens is 374 g/mol. The maximum Gasteiger partial charge on any atom is 0.514 e. The predicted molar refractivity (Wildman–Crippen MR) is 111 cm³/mol. The summed E-state index contributed by atoms with van der Waals surface area (Å²) in [6.45, 7) is 6.21. The quantitative estimate of drug-likeness (QED) is 0.511. The fourth-order valence-electron chi connectivity index (χ4n) is 3.54. The van der Waals surface area contributed by atoms with Crippen molar-refractivity contribution in [3.8, 4) is 16.9 Å². The third kappa shape index (κ3) is 5.08. The number of carbonyl (C=O) groups is 2. The summed E-state index contributed by atoms with van der Waals surface area (Å²) >= 11 is 1.29. The van der Waals surface area contributed by atoms with Gasteiger partial charge in [-0.15, -0.1) is 0 Å². The van der Waals surface area contributed by atoms with Gasteiger partial charge in [0.05, 0.1) is 12.0 Å². The highest BCUT2D eigenvalue weighted by Crippen LogP contribution is 2.41. The smallest absolute Gasteiger partial charge is 0.437 e. The van der Waals surface area contributed by atoms with Gasteiger partial charge in [0.25, 0.3) is 0 Å². The Morgan fingerprint density at radius 2 is 1.86 bits per heavy atom. The summed E-state index contributed by atoms with van der Waals surface area (Å²) in [6, 6.07) is 1.83. The number of anilines is 1. The van der Waals surface area contributed by atoms with Gasteiger partial charge in [-0.25, -0.2) is 4.79 Å². The van der Waals surface area contributed by atoms with Crippen LogP contribution in [-0.4, -0.2) is 25.2 Å². The minimum absolute atomic E-state index is 0.0190. The highest BCUT2D eigenvalue weighted by atomic mass is 32.1. The average molecular weight is 404 g/mol. The zero-order valence-corrected chi connectivity index (χ0v) is 17.9. The van der Waals surface area contributed by atoms with Gasteiger partial charge >= 0.3 is 6.16 Å². The summed E-state index contributed by atoms with van der Waals surface area (Å²) in [5.41, 5.74) is 0.620. The summed E-state index contributed by atoms with van der Waals surface area (Å²) in [6.07, 6.45) is 5.49. The number of methoxy groups -OCH3 is 1. The van der Waals surface area contributed by atoms with E-state index in [9.17, 15) is 9.59 Å². The Hall–Kier alpha value is -2.00. The van der Waals surface area contributed by atoms with E-state index in [2.05, 4.69) is 23.5 Å². The SMILES string of the molecule is COC(=O)Oc1sc(C#CC2CC2)cc1N(C(=O)C1CCC(C)CC1)C(C)C. The van der Waals surface area contributed by atoms with Crippen molar-refractivity contribution in [1.29, 1.82) is 0 Å². The van der Waals surface area contributed by atoms with Gasteiger partial charge in [0.15, 0.2) is 0 Å². The molecule has 5 nitrogen and oxygen atoms in total. The molecule has 3 rings (SSSR count). The van der Waals surface area contributed by atoms with Crippen LogP contribution in [0.1, 0.15) is 64.2 Å². The van der Waals surface area contributed by atoms with Crippen molar-refractivity contribution in [2.45, 2.75) is 65.3 Å². The van der Waals surface area contributed by atoms with Crippen LogP contribution in [-0.2, 0) is 9.53 Å². The number of amides is 1. The summed E-state index contributed by atoms with van der Waals surface area (Å²) in [7, 11) is 1.28. The van der Waals surface area contributed by atoms with Crippen molar-refractivity contribution in [2.75, 3.05) is 12.0 Å². The zero-order valence-electron chi connectivity index (χ0n) is 17.1. The Kier molecular flexibility index (Phi) is 6.66. The molecule has 0 aliphatic heterocycles. The fourth-order valence-corrected chi connectivity index (χ4v) is 4.39.